The van der Waals surface area contributed by atoms with Gasteiger partial charge in [0.15, 0.2) is 0 Å². The van der Waals surface area contributed by atoms with Crippen LogP contribution >= 0.6 is 31.8 Å². The van der Waals surface area contributed by atoms with Crippen LogP contribution in [0.15, 0.2) is 18.2 Å². The van der Waals surface area contributed by atoms with Crippen molar-refractivity contribution in [3.63, 3.8) is 0 Å². The van der Waals surface area contributed by atoms with Gasteiger partial charge in [-0.25, -0.2) is 0 Å². The smallest absolute Gasteiger partial charge is 0.327 e. The first-order chi connectivity index (χ1) is 7.09. The summed E-state index contributed by atoms with van der Waals surface area (Å²) < 4.78 is 9.72. The maximum absolute atomic E-state index is 8.44. The Morgan fingerprint density at radius 3 is 2.53 bits per heavy atom. The van der Waals surface area contributed by atoms with E-state index in [4.69, 9.17) is 37.7 Å². The Morgan fingerprint density at radius 2 is 1.93 bits per heavy atom. The zero-order chi connectivity index (χ0) is 11.3. The Morgan fingerprint density at radius 1 is 1.20 bits per heavy atom. The maximum Gasteiger partial charge on any atom is 0.327 e. The number of hydrogen-bond acceptors (Lipinski definition) is 4. The van der Waals surface area contributed by atoms with Crippen LogP contribution in [0.5, 0.6) is 5.75 Å². The van der Waals surface area contributed by atoms with E-state index in [1.165, 1.54) is 0 Å². The standard InChI is InChI=1S/C8H9Cl2O4P/c9-6-1-2-8(7(10)5-6)13-3-4-14-15(11)12/h1-2,5,11-12H,3-4H2. The largest absolute Gasteiger partial charge is 0.490 e. The second kappa shape index (κ2) is 6.48. The minimum Gasteiger partial charge on any atom is -0.490 e. The molecule has 0 aliphatic rings. The Balaban J connectivity index is 2.37. The molecule has 0 spiro atoms. The monoisotopic (exact) mass is 270 g/mol. The summed E-state index contributed by atoms with van der Waals surface area (Å²) in [5.74, 6) is 0.477. The van der Waals surface area contributed by atoms with Crippen molar-refractivity contribution < 1.29 is 19.0 Å². The van der Waals surface area contributed by atoms with E-state index < -0.39 is 8.60 Å². The van der Waals surface area contributed by atoms with E-state index in [-0.39, 0.29) is 13.2 Å². The normalized spacial score (nSPS) is 10.7. The van der Waals surface area contributed by atoms with Gasteiger partial charge in [-0.2, -0.15) is 0 Å². The fourth-order valence-corrected chi connectivity index (χ4v) is 1.56. The van der Waals surface area contributed by atoms with Gasteiger partial charge in [-0.05, 0) is 18.2 Å². The lowest BCUT2D eigenvalue weighted by Gasteiger charge is -2.08. The van der Waals surface area contributed by atoms with E-state index in [1.54, 1.807) is 18.2 Å². The Hall–Kier alpha value is -0.0900. The van der Waals surface area contributed by atoms with Crippen LogP contribution in [0.25, 0.3) is 0 Å². The van der Waals surface area contributed by atoms with E-state index in [0.717, 1.165) is 0 Å². The molecule has 0 atom stereocenters. The lowest BCUT2D eigenvalue weighted by Crippen LogP contribution is -2.04. The third kappa shape index (κ3) is 4.98. The minimum absolute atomic E-state index is 0.0810. The average molecular weight is 271 g/mol. The summed E-state index contributed by atoms with van der Waals surface area (Å²) in [6.45, 7) is 0.263. The van der Waals surface area contributed by atoms with Gasteiger partial charge in [-0.3, -0.25) is 0 Å². The average Bonchev–Trinajstić information content (AvgIpc) is 2.14. The van der Waals surface area contributed by atoms with Crippen LogP contribution in [0, 0.1) is 0 Å². The van der Waals surface area contributed by atoms with Crippen molar-refractivity contribution in [3.05, 3.63) is 28.2 Å². The second-order valence-corrected chi connectivity index (χ2v) is 4.12. The maximum atomic E-state index is 8.44. The molecule has 0 aliphatic carbocycles. The molecular weight excluding hydrogens is 262 g/mol. The molecule has 1 rings (SSSR count). The highest BCUT2D eigenvalue weighted by molar-refractivity contribution is 7.39. The van der Waals surface area contributed by atoms with Crippen molar-refractivity contribution in [2.45, 2.75) is 0 Å². The van der Waals surface area contributed by atoms with Gasteiger partial charge in [-0.1, -0.05) is 23.2 Å². The molecule has 0 fully saturated rings. The summed E-state index contributed by atoms with van der Waals surface area (Å²) in [7, 11) is -2.33. The molecule has 0 aromatic heterocycles. The fraction of sp³-hybridized carbons (Fsp3) is 0.250. The van der Waals surface area contributed by atoms with Crippen LogP contribution in [0.3, 0.4) is 0 Å². The SMILES string of the molecule is OP(O)OCCOc1ccc(Cl)cc1Cl. The number of halogens is 2. The molecule has 2 N–H and O–H groups in total. The van der Waals surface area contributed by atoms with Crippen LogP contribution in [-0.4, -0.2) is 23.0 Å². The van der Waals surface area contributed by atoms with Gasteiger partial charge in [0.1, 0.15) is 12.4 Å². The van der Waals surface area contributed by atoms with Gasteiger partial charge >= 0.3 is 8.60 Å². The molecule has 15 heavy (non-hydrogen) atoms. The fourth-order valence-electron chi connectivity index (χ4n) is 0.863. The van der Waals surface area contributed by atoms with Gasteiger partial charge in [-0.15, -0.1) is 0 Å². The molecule has 0 radical (unpaired) electrons. The van der Waals surface area contributed by atoms with Crippen molar-refractivity contribution in [2.24, 2.45) is 0 Å². The molecule has 0 aliphatic heterocycles. The van der Waals surface area contributed by atoms with Gasteiger partial charge in [0.2, 0.25) is 0 Å². The first-order valence-corrected chi connectivity index (χ1v) is 5.90. The minimum atomic E-state index is -2.33. The van der Waals surface area contributed by atoms with Crippen LogP contribution in [-0.2, 0) is 4.52 Å². The Labute approximate surface area is 98.3 Å². The van der Waals surface area contributed by atoms with Crippen molar-refractivity contribution >= 4 is 31.8 Å². The van der Waals surface area contributed by atoms with E-state index in [2.05, 4.69) is 4.52 Å². The first kappa shape index (κ1) is 13.0. The number of ether oxygens (including phenoxy) is 1. The summed E-state index contributed by atoms with van der Waals surface area (Å²) in [4.78, 5) is 16.9. The summed E-state index contributed by atoms with van der Waals surface area (Å²) >= 11 is 11.5. The molecule has 84 valence electrons. The van der Waals surface area contributed by atoms with Gasteiger partial charge < -0.3 is 19.0 Å². The lowest BCUT2D eigenvalue weighted by molar-refractivity contribution is 0.194. The van der Waals surface area contributed by atoms with E-state index in [0.29, 0.717) is 15.8 Å². The summed E-state index contributed by atoms with van der Waals surface area (Å²) in [5.41, 5.74) is 0. The molecule has 0 heterocycles. The molecule has 1 aromatic rings. The molecule has 4 nitrogen and oxygen atoms in total. The summed E-state index contributed by atoms with van der Waals surface area (Å²) in [5, 5.41) is 0.926. The molecular formula is C8H9Cl2O4P. The molecule has 0 bridgehead atoms. The van der Waals surface area contributed by atoms with Crippen LogP contribution in [0.4, 0.5) is 0 Å². The summed E-state index contributed by atoms with van der Waals surface area (Å²) in [6, 6.07) is 4.84. The molecule has 0 unspecified atom stereocenters. The molecule has 0 saturated carbocycles. The highest BCUT2D eigenvalue weighted by Gasteiger charge is 2.03. The quantitative estimate of drug-likeness (QED) is 0.638. The van der Waals surface area contributed by atoms with Crippen molar-refractivity contribution in [1.29, 1.82) is 0 Å². The zero-order valence-corrected chi connectivity index (χ0v) is 9.97. The Bertz CT molecular complexity index is 322. The van der Waals surface area contributed by atoms with Crippen LogP contribution < -0.4 is 4.74 Å². The van der Waals surface area contributed by atoms with Crippen molar-refractivity contribution in [2.75, 3.05) is 13.2 Å². The topological polar surface area (TPSA) is 58.9 Å². The lowest BCUT2D eigenvalue weighted by atomic mass is 10.3. The highest BCUT2D eigenvalue weighted by atomic mass is 35.5. The number of rotatable bonds is 5. The van der Waals surface area contributed by atoms with Gasteiger partial charge in [0.05, 0.1) is 11.6 Å². The van der Waals surface area contributed by atoms with E-state index >= 15 is 0 Å². The van der Waals surface area contributed by atoms with E-state index in [1.807, 2.05) is 0 Å². The van der Waals surface area contributed by atoms with Crippen LogP contribution in [0.1, 0.15) is 0 Å². The number of benzene rings is 1. The third-order valence-electron chi connectivity index (χ3n) is 1.44. The van der Waals surface area contributed by atoms with Crippen molar-refractivity contribution in [3.8, 4) is 5.75 Å². The zero-order valence-electron chi connectivity index (χ0n) is 7.56. The molecule has 0 amide bonds. The predicted molar refractivity (Wildman–Crippen MR) is 59.3 cm³/mol. The predicted octanol–water partition coefficient (Wildman–Crippen LogP) is 2.60. The van der Waals surface area contributed by atoms with Crippen LogP contribution in [0.2, 0.25) is 10.0 Å². The summed E-state index contributed by atoms with van der Waals surface area (Å²) in [6.07, 6.45) is 0. The Kier molecular flexibility index (Phi) is 5.61. The highest BCUT2D eigenvalue weighted by Crippen LogP contribution is 2.28. The first-order valence-electron chi connectivity index (χ1n) is 3.98. The molecule has 7 heteroatoms. The van der Waals surface area contributed by atoms with Crippen molar-refractivity contribution in [1.82, 2.24) is 0 Å². The second-order valence-electron chi connectivity index (χ2n) is 2.51. The number of hydrogen-bond donors (Lipinski definition) is 2. The van der Waals surface area contributed by atoms with Gasteiger partial charge in [0, 0.05) is 5.02 Å². The molecule has 1 aromatic carbocycles. The van der Waals surface area contributed by atoms with Gasteiger partial charge in [0.25, 0.3) is 0 Å². The molecule has 0 saturated heterocycles. The third-order valence-corrected chi connectivity index (χ3v) is 2.39. The van der Waals surface area contributed by atoms with E-state index in [9.17, 15) is 0 Å².